The molecule has 0 unspecified atom stereocenters. The van der Waals surface area contributed by atoms with Gasteiger partial charge >= 0.3 is 0 Å². The van der Waals surface area contributed by atoms with Crippen LogP contribution in [0.3, 0.4) is 0 Å². The lowest BCUT2D eigenvalue weighted by atomic mass is 9.95. The number of guanidine groups is 1. The molecule has 116 valence electrons. The first-order valence-electron chi connectivity index (χ1n) is 7.43. The van der Waals surface area contributed by atoms with Crippen LogP contribution in [-0.4, -0.2) is 26.1 Å². The van der Waals surface area contributed by atoms with Crippen molar-refractivity contribution in [3.63, 3.8) is 0 Å². The topological polar surface area (TPSA) is 36.4 Å². The van der Waals surface area contributed by atoms with Gasteiger partial charge in [0.05, 0.1) is 0 Å². The Hall–Kier alpha value is -0.850. The molecule has 0 spiro atoms. The molecule has 0 aromatic heterocycles. The largest absolute Gasteiger partial charge is 0.356 e. The Balaban J connectivity index is 0.00000161. The Morgan fingerprint density at radius 2 is 2.00 bits per heavy atom. The number of hydrogen-bond donors (Lipinski definition) is 2. The second-order valence-electron chi connectivity index (χ2n) is 6.01. The molecule has 0 amide bonds. The Labute approximate surface area is 142 Å². The predicted molar refractivity (Wildman–Crippen MR) is 94.8 cm³/mol. The maximum absolute atomic E-state index is 13.9. The van der Waals surface area contributed by atoms with Crippen molar-refractivity contribution in [1.29, 1.82) is 0 Å². The van der Waals surface area contributed by atoms with Crippen LogP contribution >= 0.6 is 24.0 Å². The highest BCUT2D eigenvalue weighted by Crippen LogP contribution is 2.48. The Morgan fingerprint density at radius 1 is 1.29 bits per heavy atom. The fraction of sp³-hybridized carbons (Fsp3) is 0.562. The standard InChI is InChI=1S/C16H22FN3.HI/c1-18-15(19-10-12-6-7-12)20-11-16(8-9-16)13-4-2-3-5-14(13)17;/h2-5,12H,6-11H2,1H3,(H2,18,19,20);1H. The number of aliphatic imine (C=N–C) groups is 1. The van der Waals surface area contributed by atoms with Crippen molar-refractivity contribution in [2.45, 2.75) is 31.1 Å². The number of benzene rings is 1. The van der Waals surface area contributed by atoms with Gasteiger partial charge in [-0.2, -0.15) is 0 Å². The van der Waals surface area contributed by atoms with E-state index in [4.69, 9.17) is 0 Å². The summed E-state index contributed by atoms with van der Waals surface area (Å²) in [6, 6.07) is 7.12. The van der Waals surface area contributed by atoms with E-state index in [1.807, 2.05) is 12.1 Å². The minimum atomic E-state index is -0.0901. The van der Waals surface area contributed by atoms with E-state index in [9.17, 15) is 4.39 Å². The van der Waals surface area contributed by atoms with Gasteiger partial charge in [-0.1, -0.05) is 18.2 Å². The van der Waals surface area contributed by atoms with E-state index < -0.39 is 0 Å². The van der Waals surface area contributed by atoms with E-state index in [0.29, 0.717) is 0 Å². The summed E-state index contributed by atoms with van der Waals surface area (Å²) in [5, 5.41) is 6.70. The van der Waals surface area contributed by atoms with E-state index in [-0.39, 0.29) is 35.2 Å². The molecule has 0 saturated heterocycles. The summed E-state index contributed by atoms with van der Waals surface area (Å²) in [7, 11) is 1.78. The zero-order valence-corrected chi connectivity index (χ0v) is 14.7. The third-order valence-corrected chi connectivity index (χ3v) is 4.37. The molecule has 2 fully saturated rings. The average Bonchev–Trinajstić information content (AvgIpc) is 3.35. The van der Waals surface area contributed by atoms with Crippen molar-refractivity contribution in [2.75, 3.05) is 20.1 Å². The first-order valence-corrected chi connectivity index (χ1v) is 7.43. The number of hydrogen-bond acceptors (Lipinski definition) is 1. The molecule has 2 saturated carbocycles. The summed E-state index contributed by atoms with van der Waals surface area (Å²) >= 11 is 0. The van der Waals surface area contributed by atoms with Crippen molar-refractivity contribution in [3.05, 3.63) is 35.6 Å². The number of nitrogens with one attached hydrogen (secondary N) is 2. The van der Waals surface area contributed by atoms with Gasteiger partial charge in [-0.05, 0) is 43.2 Å². The average molecular weight is 403 g/mol. The minimum absolute atomic E-state index is 0. The maximum Gasteiger partial charge on any atom is 0.191 e. The molecule has 1 aromatic carbocycles. The molecule has 1 aromatic rings. The van der Waals surface area contributed by atoms with Crippen molar-refractivity contribution in [3.8, 4) is 0 Å². The second-order valence-corrected chi connectivity index (χ2v) is 6.01. The first-order chi connectivity index (χ1) is 9.73. The van der Waals surface area contributed by atoms with Crippen LogP contribution < -0.4 is 10.6 Å². The van der Waals surface area contributed by atoms with Gasteiger partial charge in [0, 0.05) is 25.6 Å². The lowest BCUT2D eigenvalue weighted by molar-refractivity contribution is 0.559. The van der Waals surface area contributed by atoms with Crippen LogP contribution in [0.2, 0.25) is 0 Å². The predicted octanol–water partition coefficient (Wildman–Crippen LogP) is 3.05. The maximum atomic E-state index is 13.9. The normalized spacial score (nSPS) is 19.6. The zero-order chi connectivity index (χ0) is 14.0. The summed E-state index contributed by atoms with van der Waals surface area (Å²) in [5.74, 6) is 1.56. The van der Waals surface area contributed by atoms with Gasteiger partial charge in [-0.25, -0.2) is 4.39 Å². The van der Waals surface area contributed by atoms with Crippen LogP contribution in [-0.2, 0) is 5.41 Å². The highest BCUT2D eigenvalue weighted by molar-refractivity contribution is 14.0. The first kappa shape index (κ1) is 16.5. The molecule has 2 aliphatic carbocycles. The molecule has 5 heteroatoms. The summed E-state index contributed by atoms with van der Waals surface area (Å²) in [5.41, 5.74) is 0.799. The van der Waals surface area contributed by atoms with Crippen LogP contribution in [0.15, 0.2) is 29.3 Å². The molecular formula is C16H23FIN3. The number of halogens is 2. The smallest absolute Gasteiger partial charge is 0.191 e. The lowest BCUT2D eigenvalue weighted by Gasteiger charge is -2.19. The Morgan fingerprint density at radius 3 is 2.57 bits per heavy atom. The van der Waals surface area contributed by atoms with Gasteiger partial charge < -0.3 is 10.6 Å². The van der Waals surface area contributed by atoms with E-state index in [0.717, 1.165) is 43.4 Å². The molecular weight excluding hydrogens is 380 g/mol. The molecule has 3 nitrogen and oxygen atoms in total. The van der Waals surface area contributed by atoms with Gasteiger partial charge in [-0.3, -0.25) is 4.99 Å². The SMILES string of the molecule is CN=C(NCC1CC1)NCC1(c2ccccc2F)CC1.I. The summed E-state index contributed by atoms with van der Waals surface area (Å²) in [4.78, 5) is 4.24. The molecule has 21 heavy (non-hydrogen) atoms. The van der Waals surface area contributed by atoms with E-state index in [2.05, 4.69) is 15.6 Å². The molecule has 0 heterocycles. The molecule has 0 radical (unpaired) electrons. The Bertz CT molecular complexity index is 510. The van der Waals surface area contributed by atoms with E-state index in [1.165, 1.54) is 12.8 Å². The minimum Gasteiger partial charge on any atom is -0.356 e. The lowest BCUT2D eigenvalue weighted by Crippen LogP contribution is -2.42. The summed E-state index contributed by atoms with van der Waals surface area (Å²) in [6.07, 6.45) is 4.73. The number of rotatable bonds is 5. The summed E-state index contributed by atoms with van der Waals surface area (Å²) < 4.78 is 13.9. The van der Waals surface area contributed by atoms with Crippen molar-refractivity contribution >= 4 is 29.9 Å². The summed E-state index contributed by atoms with van der Waals surface area (Å²) in [6.45, 7) is 1.74. The zero-order valence-electron chi connectivity index (χ0n) is 12.4. The Kier molecular flexibility index (Phi) is 5.46. The van der Waals surface area contributed by atoms with Gasteiger partial charge in [-0.15, -0.1) is 24.0 Å². The van der Waals surface area contributed by atoms with Gasteiger partial charge in [0.15, 0.2) is 5.96 Å². The molecule has 2 aliphatic rings. The monoisotopic (exact) mass is 403 g/mol. The van der Waals surface area contributed by atoms with E-state index in [1.54, 1.807) is 19.2 Å². The third kappa shape index (κ3) is 4.08. The molecule has 2 N–H and O–H groups in total. The van der Waals surface area contributed by atoms with Crippen LogP contribution in [0.1, 0.15) is 31.2 Å². The molecule has 0 bridgehead atoms. The third-order valence-electron chi connectivity index (χ3n) is 4.37. The highest BCUT2D eigenvalue weighted by atomic mass is 127. The molecule has 0 aliphatic heterocycles. The van der Waals surface area contributed by atoms with Crippen LogP contribution in [0, 0.1) is 11.7 Å². The quantitative estimate of drug-likeness (QED) is 0.451. The van der Waals surface area contributed by atoms with Crippen LogP contribution in [0.25, 0.3) is 0 Å². The fourth-order valence-electron chi connectivity index (χ4n) is 2.62. The van der Waals surface area contributed by atoms with Crippen molar-refractivity contribution < 1.29 is 4.39 Å². The van der Waals surface area contributed by atoms with Crippen molar-refractivity contribution in [1.82, 2.24) is 10.6 Å². The fourth-order valence-corrected chi connectivity index (χ4v) is 2.62. The van der Waals surface area contributed by atoms with Crippen LogP contribution in [0.4, 0.5) is 4.39 Å². The number of nitrogens with zero attached hydrogens (tertiary/aromatic N) is 1. The van der Waals surface area contributed by atoms with Crippen LogP contribution in [0.5, 0.6) is 0 Å². The molecule has 3 rings (SSSR count). The second kappa shape index (κ2) is 6.94. The molecule has 0 atom stereocenters. The highest BCUT2D eigenvalue weighted by Gasteiger charge is 2.45. The van der Waals surface area contributed by atoms with Gasteiger partial charge in [0.2, 0.25) is 0 Å². The van der Waals surface area contributed by atoms with E-state index >= 15 is 0 Å². The van der Waals surface area contributed by atoms with Gasteiger partial charge in [0.1, 0.15) is 5.82 Å². The van der Waals surface area contributed by atoms with Crippen molar-refractivity contribution in [2.24, 2.45) is 10.9 Å². The van der Waals surface area contributed by atoms with Gasteiger partial charge in [0.25, 0.3) is 0 Å².